The lowest BCUT2D eigenvalue weighted by molar-refractivity contribution is 0.0981. The van der Waals surface area contributed by atoms with Gasteiger partial charge in [-0.15, -0.1) is 11.8 Å². The first-order chi connectivity index (χ1) is 29.2. The van der Waals surface area contributed by atoms with Gasteiger partial charge in [0.25, 0.3) is 25.8 Å². The van der Waals surface area contributed by atoms with Crippen molar-refractivity contribution in [2.75, 3.05) is 55.7 Å². The zero-order valence-electron chi connectivity index (χ0n) is 33.6. The van der Waals surface area contributed by atoms with Crippen LogP contribution >= 0.6 is 35.0 Å². The summed E-state index contributed by atoms with van der Waals surface area (Å²) >= 11 is 12.8. The molecule has 0 unspecified atom stereocenters. The highest BCUT2D eigenvalue weighted by atomic mass is 35.5. The summed E-state index contributed by atoms with van der Waals surface area (Å²) in [5, 5.41) is 10.6. The van der Waals surface area contributed by atoms with Crippen molar-refractivity contribution in [2.24, 2.45) is 0 Å². The van der Waals surface area contributed by atoms with E-state index in [0.717, 1.165) is 75.2 Å². The number of hydrogen-bond acceptors (Lipinski definition) is 10. The van der Waals surface area contributed by atoms with E-state index in [2.05, 4.69) is 33.0 Å². The monoisotopic (exact) mass is 933 g/mol. The van der Waals surface area contributed by atoms with E-state index < -0.39 is 46.3 Å². The second kappa shape index (κ2) is 21.6. The average Bonchev–Trinajstić information content (AvgIpc) is 3.66. The lowest BCUT2D eigenvalue weighted by Gasteiger charge is -2.25. The van der Waals surface area contributed by atoms with Crippen LogP contribution in [0.3, 0.4) is 0 Å². The number of benzene rings is 4. The van der Waals surface area contributed by atoms with Crippen LogP contribution in [-0.2, 0) is 19.9 Å². The minimum atomic E-state index is -5.60. The number of amides is 1. The quantitative estimate of drug-likeness (QED) is 0.0386. The molecule has 1 aliphatic carbocycles. The van der Waals surface area contributed by atoms with Gasteiger partial charge in [0.15, 0.2) is 0 Å². The van der Waals surface area contributed by atoms with Crippen LogP contribution in [0.4, 0.5) is 20.2 Å². The van der Waals surface area contributed by atoms with Crippen molar-refractivity contribution < 1.29 is 30.4 Å². The van der Waals surface area contributed by atoms with Crippen molar-refractivity contribution in [3.63, 3.8) is 0 Å². The third-order valence-corrected chi connectivity index (χ3v) is 15.7. The Hall–Kier alpha value is -3.70. The summed E-state index contributed by atoms with van der Waals surface area (Å²) in [7, 11) is -10.3. The smallest absolute Gasteiger partial charge is 0.384 e. The normalized spacial score (nSPS) is 15.9. The Kier molecular flexibility index (Phi) is 16.6. The third-order valence-electron chi connectivity index (χ3n) is 10.8. The highest BCUT2D eigenvalue weighted by molar-refractivity contribution is 7.99. The number of carbonyl (C=O) groups is 1. The van der Waals surface area contributed by atoms with Crippen molar-refractivity contribution in [2.45, 2.75) is 76.8 Å². The first kappa shape index (κ1) is 46.8. The second-order valence-electron chi connectivity index (χ2n) is 15.2. The highest BCUT2D eigenvalue weighted by Crippen LogP contribution is 2.38. The number of nitrogens with one attached hydrogen (secondary N) is 4. The van der Waals surface area contributed by atoms with Crippen LogP contribution in [0.25, 0.3) is 5.57 Å². The van der Waals surface area contributed by atoms with Gasteiger partial charge in [0.2, 0.25) is 0 Å². The fraction of sp³-hybridized carbons (Fsp3) is 0.386. The number of allylic oxidation sites excluding steroid dienone is 1. The van der Waals surface area contributed by atoms with Crippen LogP contribution < -0.4 is 20.7 Å². The van der Waals surface area contributed by atoms with E-state index in [1.807, 2.05) is 47.2 Å². The Balaban J connectivity index is 1.09. The maximum Gasteiger partial charge on any atom is 0.427 e. The van der Waals surface area contributed by atoms with Gasteiger partial charge >= 0.3 is 4.71 Å². The molecule has 61 heavy (non-hydrogen) atoms. The van der Waals surface area contributed by atoms with Gasteiger partial charge in [-0.3, -0.25) is 4.79 Å². The number of likely N-dealkylation sites (tertiary alicyclic amines) is 1. The van der Waals surface area contributed by atoms with Crippen molar-refractivity contribution in [1.82, 2.24) is 14.9 Å². The molecule has 4 aromatic rings. The molecule has 328 valence electrons. The maximum absolute atomic E-state index is 14.5. The summed E-state index contributed by atoms with van der Waals surface area (Å²) in [4.78, 5) is 14.7. The SMILES string of the molecule is O=C(NS(=O)(=O)c1ccc(N[C@H](CCN2CCCC2)CSc2ccccc2)c(S(=O)(=O)C(F)(F)Cl)c1)c1ccc(NCCNCC2=C(c3ccc(Cl)cc3)CCCCC2)cc1. The van der Waals surface area contributed by atoms with E-state index in [1.165, 1.54) is 47.0 Å². The van der Waals surface area contributed by atoms with Crippen LogP contribution in [0.5, 0.6) is 0 Å². The number of rotatable bonds is 20. The van der Waals surface area contributed by atoms with Crippen LogP contribution in [-0.4, -0.2) is 83.4 Å². The van der Waals surface area contributed by atoms with Crippen molar-refractivity contribution in [1.29, 1.82) is 0 Å². The molecular weight excluding hydrogens is 884 g/mol. The molecule has 17 heteroatoms. The number of anilines is 2. The number of halogens is 4. The zero-order chi connectivity index (χ0) is 43.5. The van der Waals surface area contributed by atoms with Gasteiger partial charge in [0.05, 0.1) is 15.5 Å². The minimum absolute atomic E-state index is 0.0115. The van der Waals surface area contributed by atoms with E-state index in [-0.39, 0.29) is 11.3 Å². The standard InChI is InChI=1S/C44H51Cl2F2N5O5S3/c45-35-17-13-32(14-18-35)40-12-6-1-3-9-34(40)30-49-24-25-50-36-19-15-33(16-20-36)43(54)52-61(57,58)39-21-22-41(42(29-39)60(55,56)44(46,47)48)51-37(23-28-53-26-7-8-27-53)31-59-38-10-4-2-5-11-38/h2,4-5,10-11,13-22,29,37,49-51H,1,3,6-9,12,23-28,30-31H2,(H,52,54)/t37-/m1/s1. The Bertz CT molecular complexity index is 2350. The third kappa shape index (κ3) is 13.2. The van der Waals surface area contributed by atoms with E-state index >= 15 is 0 Å². The number of thioether (sulfide) groups is 1. The molecule has 0 spiro atoms. The first-order valence-corrected chi connectivity index (χ1v) is 25.1. The highest BCUT2D eigenvalue weighted by Gasteiger charge is 2.46. The van der Waals surface area contributed by atoms with Crippen LogP contribution in [0, 0.1) is 0 Å². The number of hydrogen-bond donors (Lipinski definition) is 4. The van der Waals surface area contributed by atoms with Gasteiger partial charge < -0.3 is 20.9 Å². The molecule has 4 N–H and O–H groups in total. The summed E-state index contributed by atoms with van der Waals surface area (Å²) < 4.78 is 79.6. The Morgan fingerprint density at radius 3 is 2.25 bits per heavy atom. The summed E-state index contributed by atoms with van der Waals surface area (Å²) in [5.41, 5.74) is 4.48. The van der Waals surface area contributed by atoms with E-state index in [4.69, 9.17) is 23.2 Å². The lowest BCUT2D eigenvalue weighted by atomic mass is 9.96. The number of alkyl halides is 3. The number of sulfone groups is 1. The molecule has 2 aliphatic rings. The molecule has 4 aromatic carbocycles. The van der Waals surface area contributed by atoms with Gasteiger partial charge in [-0.25, -0.2) is 21.6 Å². The van der Waals surface area contributed by atoms with Gasteiger partial charge in [0.1, 0.15) is 0 Å². The molecule has 0 saturated carbocycles. The molecule has 0 aromatic heterocycles. The molecule has 10 nitrogen and oxygen atoms in total. The Labute approximate surface area is 372 Å². The topological polar surface area (TPSA) is 137 Å². The molecular formula is C44H51Cl2F2N5O5S3. The Morgan fingerprint density at radius 2 is 1.54 bits per heavy atom. The molecule has 0 radical (unpaired) electrons. The van der Waals surface area contributed by atoms with Crippen LogP contribution in [0.15, 0.2) is 117 Å². The summed E-state index contributed by atoms with van der Waals surface area (Å²) in [6, 6.07) is 26.1. The van der Waals surface area contributed by atoms with E-state index in [0.29, 0.717) is 48.6 Å². The zero-order valence-corrected chi connectivity index (χ0v) is 37.6. The molecule has 1 saturated heterocycles. The predicted octanol–water partition coefficient (Wildman–Crippen LogP) is 9.50. The van der Waals surface area contributed by atoms with Crippen molar-refractivity contribution >= 4 is 77.7 Å². The summed E-state index contributed by atoms with van der Waals surface area (Å²) in [6.45, 7) is 4.58. The predicted molar refractivity (Wildman–Crippen MR) is 243 cm³/mol. The molecule has 1 amide bonds. The first-order valence-electron chi connectivity index (χ1n) is 20.4. The van der Waals surface area contributed by atoms with E-state index in [1.54, 1.807) is 12.1 Å². The molecule has 0 bridgehead atoms. The van der Waals surface area contributed by atoms with Gasteiger partial charge in [-0.2, -0.15) is 8.78 Å². The van der Waals surface area contributed by atoms with Crippen LogP contribution in [0.1, 0.15) is 67.3 Å². The fourth-order valence-electron chi connectivity index (χ4n) is 7.46. The number of sulfonamides is 1. The largest absolute Gasteiger partial charge is 0.427 e. The number of nitrogens with zero attached hydrogens (tertiary/aromatic N) is 1. The molecule has 1 aliphatic heterocycles. The minimum Gasteiger partial charge on any atom is -0.384 e. The average molecular weight is 935 g/mol. The van der Waals surface area contributed by atoms with E-state index in [9.17, 15) is 30.4 Å². The van der Waals surface area contributed by atoms with Crippen molar-refractivity contribution in [3.8, 4) is 0 Å². The maximum atomic E-state index is 14.5. The molecule has 1 fully saturated rings. The molecule has 1 atom stereocenters. The van der Waals surface area contributed by atoms with Crippen molar-refractivity contribution in [3.05, 3.63) is 119 Å². The lowest BCUT2D eigenvalue weighted by Crippen LogP contribution is -2.32. The summed E-state index contributed by atoms with van der Waals surface area (Å²) in [6.07, 6.45) is 8.29. The Morgan fingerprint density at radius 1 is 0.836 bits per heavy atom. The molecule has 6 rings (SSSR count). The summed E-state index contributed by atoms with van der Waals surface area (Å²) in [5.74, 6) is -0.531. The number of carbonyl (C=O) groups excluding carboxylic acids is 1. The second-order valence-corrected chi connectivity index (χ2v) is 21.0. The van der Waals surface area contributed by atoms with Gasteiger partial charge in [-0.1, -0.05) is 53.9 Å². The van der Waals surface area contributed by atoms with Crippen LogP contribution in [0.2, 0.25) is 5.02 Å². The molecule has 1 heterocycles. The van der Waals surface area contributed by atoms with Gasteiger partial charge in [0, 0.05) is 59.1 Å². The van der Waals surface area contributed by atoms with Gasteiger partial charge in [-0.05, 0) is 148 Å². The fourth-order valence-corrected chi connectivity index (χ4v) is 10.9.